The number of likely N-dealkylation sites (N-methyl/N-ethyl adjacent to an activating group) is 1. The van der Waals surface area contributed by atoms with E-state index in [0.717, 1.165) is 12.1 Å². The maximum atomic E-state index is 12.7. The Bertz CT molecular complexity index is 566. The Morgan fingerprint density at radius 3 is 2.70 bits per heavy atom. The highest BCUT2D eigenvalue weighted by Crippen LogP contribution is 2.28. The minimum absolute atomic E-state index is 0.129. The molecule has 0 aliphatic carbocycles. The van der Waals surface area contributed by atoms with Crippen molar-refractivity contribution in [1.29, 1.82) is 0 Å². The summed E-state index contributed by atoms with van der Waals surface area (Å²) in [6, 6.07) is 1.78. The van der Waals surface area contributed by atoms with E-state index in [2.05, 4.69) is 24.1 Å². The van der Waals surface area contributed by atoms with Gasteiger partial charge in [-0.2, -0.15) is 4.31 Å². The molecule has 1 aliphatic rings. The molecule has 2 heterocycles. The average Bonchev–Trinajstić information content (AvgIpc) is 2.82. The van der Waals surface area contributed by atoms with Gasteiger partial charge in [0.1, 0.15) is 4.21 Å². The highest BCUT2D eigenvalue weighted by Gasteiger charge is 2.37. The van der Waals surface area contributed by atoms with Crippen molar-refractivity contribution in [3.63, 3.8) is 0 Å². The largest absolute Gasteiger partial charge is 0.316 e. The molecule has 2 rings (SSSR count). The van der Waals surface area contributed by atoms with E-state index in [1.165, 1.54) is 11.3 Å². The number of rotatable bonds is 4. The second-order valence-electron chi connectivity index (χ2n) is 5.88. The van der Waals surface area contributed by atoms with Gasteiger partial charge in [0.15, 0.2) is 0 Å². The highest BCUT2D eigenvalue weighted by molar-refractivity contribution is 7.91. The summed E-state index contributed by atoms with van der Waals surface area (Å²) < 4.78 is 27.5. The molecular formula is C13H23N3O2S2. The molecule has 1 saturated heterocycles. The van der Waals surface area contributed by atoms with E-state index in [1.54, 1.807) is 10.4 Å². The van der Waals surface area contributed by atoms with Crippen molar-refractivity contribution in [1.82, 2.24) is 14.5 Å². The smallest absolute Gasteiger partial charge is 0.252 e. The summed E-state index contributed by atoms with van der Waals surface area (Å²) in [5, 5.41) is 4.95. The van der Waals surface area contributed by atoms with E-state index in [1.807, 2.05) is 19.5 Å². The van der Waals surface area contributed by atoms with Crippen LogP contribution in [0.15, 0.2) is 15.7 Å². The van der Waals surface area contributed by atoms with Gasteiger partial charge in [-0.15, -0.1) is 11.3 Å². The molecule has 20 heavy (non-hydrogen) atoms. The summed E-state index contributed by atoms with van der Waals surface area (Å²) in [5.74, 6) is 0. The van der Waals surface area contributed by atoms with Crippen molar-refractivity contribution >= 4 is 21.4 Å². The zero-order valence-corrected chi connectivity index (χ0v) is 14.1. The summed E-state index contributed by atoms with van der Waals surface area (Å²) in [7, 11) is 0.541. The van der Waals surface area contributed by atoms with Gasteiger partial charge in [0, 0.05) is 31.7 Å². The minimum atomic E-state index is -3.36. The summed E-state index contributed by atoms with van der Waals surface area (Å²) in [5.41, 5.74) is 0.889. The molecular weight excluding hydrogens is 294 g/mol. The molecule has 0 atom stereocenters. The quantitative estimate of drug-likeness (QED) is 0.906. The molecule has 0 spiro atoms. The Labute approximate surface area is 125 Å². The molecule has 1 aromatic rings. The standard InChI is InChI=1S/C13H23N3O2S2/c1-13(2)10-16(6-5-15(13)4)20(17,18)12-7-11(8-14-3)9-19-12/h7,9,14H,5-6,8,10H2,1-4H3. The maximum Gasteiger partial charge on any atom is 0.252 e. The minimum Gasteiger partial charge on any atom is -0.316 e. The first-order valence-electron chi connectivity index (χ1n) is 6.71. The van der Waals surface area contributed by atoms with Crippen LogP contribution >= 0.6 is 11.3 Å². The van der Waals surface area contributed by atoms with Crippen molar-refractivity contribution in [2.24, 2.45) is 0 Å². The van der Waals surface area contributed by atoms with Crippen LogP contribution in [0.5, 0.6) is 0 Å². The predicted molar refractivity (Wildman–Crippen MR) is 82.6 cm³/mol. The van der Waals surface area contributed by atoms with E-state index in [-0.39, 0.29) is 5.54 Å². The fraction of sp³-hybridized carbons (Fsp3) is 0.692. The molecule has 1 N–H and O–H groups in total. The monoisotopic (exact) mass is 317 g/mol. The number of nitrogens with one attached hydrogen (secondary N) is 1. The Balaban J connectivity index is 2.21. The maximum absolute atomic E-state index is 12.7. The fourth-order valence-corrected chi connectivity index (χ4v) is 5.26. The molecule has 114 valence electrons. The van der Waals surface area contributed by atoms with Gasteiger partial charge < -0.3 is 5.32 Å². The molecule has 0 unspecified atom stereocenters. The first-order valence-corrected chi connectivity index (χ1v) is 9.03. The molecule has 0 aromatic carbocycles. The van der Waals surface area contributed by atoms with Gasteiger partial charge in [-0.05, 0) is 45.0 Å². The van der Waals surface area contributed by atoms with Gasteiger partial charge >= 0.3 is 0 Å². The lowest BCUT2D eigenvalue weighted by molar-refractivity contribution is 0.0802. The number of piperazine rings is 1. The van der Waals surface area contributed by atoms with Crippen molar-refractivity contribution < 1.29 is 8.42 Å². The Morgan fingerprint density at radius 2 is 2.10 bits per heavy atom. The normalized spacial score (nSPS) is 21.2. The molecule has 1 aromatic heterocycles. The third-order valence-electron chi connectivity index (χ3n) is 3.89. The summed E-state index contributed by atoms with van der Waals surface area (Å²) in [6.07, 6.45) is 0. The molecule has 1 fully saturated rings. The zero-order valence-electron chi connectivity index (χ0n) is 12.5. The third kappa shape index (κ3) is 3.07. The summed E-state index contributed by atoms with van der Waals surface area (Å²) in [4.78, 5) is 2.21. The second-order valence-corrected chi connectivity index (χ2v) is 8.95. The van der Waals surface area contributed by atoms with Crippen molar-refractivity contribution in [3.8, 4) is 0 Å². The lowest BCUT2D eigenvalue weighted by Gasteiger charge is -2.44. The van der Waals surface area contributed by atoms with Crippen LogP contribution in [0.4, 0.5) is 0 Å². The average molecular weight is 317 g/mol. The molecule has 0 amide bonds. The van der Waals surface area contributed by atoms with Crippen LogP contribution in [0.3, 0.4) is 0 Å². The van der Waals surface area contributed by atoms with Gasteiger partial charge in [-0.3, -0.25) is 4.90 Å². The number of thiophene rings is 1. The lowest BCUT2D eigenvalue weighted by Crippen LogP contribution is -2.58. The van der Waals surface area contributed by atoms with E-state index in [4.69, 9.17) is 0 Å². The molecule has 0 radical (unpaired) electrons. The van der Waals surface area contributed by atoms with Crippen molar-refractivity contribution in [2.45, 2.75) is 30.1 Å². The van der Waals surface area contributed by atoms with Gasteiger partial charge in [0.2, 0.25) is 0 Å². The number of hydrogen-bond donors (Lipinski definition) is 1. The van der Waals surface area contributed by atoms with Crippen LogP contribution in [0, 0.1) is 0 Å². The van der Waals surface area contributed by atoms with Crippen LogP contribution < -0.4 is 5.32 Å². The van der Waals surface area contributed by atoms with Gasteiger partial charge in [-0.25, -0.2) is 8.42 Å². The molecule has 1 aliphatic heterocycles. The third-order valence-corrected chi connectivity index (χ3v) is 7.20. The topological polar surface area (TPSA) is 52.7 Å². The second kappa shape index (κ2) is 5.73. The van der Waals surface area contributed by atoms with Crippen LogP contribution in [0.25, 0.3) is 0 Å². The predicted octanol–water partition coefficient (Wildman–Crippen LogP) is 1.18. The van der Waals surface area contributed by atoms with Crippen LogP contribution in [-0.2, 0) is 16.6 Å². The Kier molecular flexibility index (Phi) is 4.56. The van der Waals surface area contributed by atoms with E-state index < -0.39 is 10.0 Å². The van der Waals surface area contributed by atoms with Gasteiger partial charge in [-0.1, -0.05) is 0 Å². The summed E-state index contributed by atoms with van der Waals surface area (Å²) in [6.45, 7) is 6.71. The van der Waals surface area contributed by atoms with Gasteiger partial charge in [0.05, 0.1) is 0 Å². The van der Waals surface area contributed by atoms with Crippen molar-refractivity contribution in [2.75, 3.05) is 33.7 Å². The zero-order chi connectivity index (χ0) is 15.0. The van der Waals surface area contributed by atoms with E-state index in [0.29, 0.717) is 23.8 Å². The molecule has 7 heteroatoms. The highest BCUT2D eigenvalue weighted by atomic mass is 32.2. The SMILES string of the molecule is CNCc1csc(S(=O)(=O)N2CCN(C)C(C)(C)C2)c1. The Hall–Kier alpha value is -0.470. The molecule has 5 nitrogen and oxygen atoms in total. The first-order chi connectivity index (χ1) is 9.27. The van der Waals surface area contributed by atoms with Gasteiger partial charge in [0.25, 0.3) is 10.0 Å². The number of hydrogen-bond acceptors (Lipinski definition) is 5. The number of nitrogens with zero attached hydrogens (tertiary/aromatic N) is 2. The van der Waals surface area contributed by atoms with Crippen LogP contribution in [0.2, 0.25) is 0 Å². The van der Waals surface area contributed by atoms with Crippen LogP contribution in [0.1, 0.15) is 19.4 Å². The summed E-state index contributed by atoms with van der Waals surface area (Å²) >= 11 is 1.31. The van der Waals surface area contributed by atoms with E-state index in [9.17, 15) is 8.42 Å². The van der Waals surface area contributed by atoms with Crippen molar-refractivity contribution in [3.05, 3.63) is 17.0 Å². The fourth-order valence-electron chi connectivity index (χ4n) is 2.31. The Morgan fingerprint density at radius 1 is 1.40 bits per heavy atom. The first kappa shape index (κ1) is 15.9. The van der Waals surface area contributed by atoms with Crippen LogP contribution in [-0.4, -0.2) is 56.9 Å². The molecule has 0 bridgehead atoms. The molecule has 0 saturated carbocycles. The lowest BCUT2D eigenvalue weighted by atomic mass is 10.0. The number of sulfonamides is 1. The van der Waals surface area contributed by atoms with E-state index >= 15 is 0 Å².